The smallest absolute Gasteiger partial charge is 0.00192 e. The largest absolute Gasteiger partial charge is 0.316 e. The van der Waals surface area contributed by atoms with Crippen molar-refractivity contribution in [1.82, 2.24) is 10.2 Å². The average molecular weight is 198 g/mol. The lowest BCUT2D eigenvalue weighted by atomic mass is 10.1. The zero-order chi connectivity index (χ0) is 10.4. The van der Waals surface area contributed by atoms with E-state index in [9.17, 15) is 0 Å². The fourth-order valence-corrected chi connectivity index (χ4v) is 2.13. The monoisotopic (exact) mass is 198 g/mol. The van der Waals surface area contributed by atoms with Gasteiger partial charge in [-0.3, -0.25) is 0 Å². The highest BCUT2D eigenvalue weighted by Crippen LogP contribution is 2.12. The number of hydrogen-bond donors (Lipinski definition) is 1. The third-order valence-corrected chi connectivity index (χ3v) is 3.06. The highest BCUT2D eigenvalue weighted by Gasteiger charge is 2.18. The second-order valence-corrected chi connectivity index (χ2v) is 5.16. The van der Waals surface area contributed by atoms with Gasteiger partial charge in [0.15, 0.2) is 0 Å². The van der Waals surface area contributed by atoms with Crippen LogP contribution in [0, 0.1) is 11.8 Å². The van der Waals surface area contributed by atoms with Gasteiger partial charge in [-0.2, -0.15) is 0 Å². The van der Waals surface area contributed by atoms with Gasteiger partial charge in [-0.1, -0.05) is 13.8 Å². The van der Waals surface area contributed by atoms with Crippen molar-refractivity contribution >= 4 is 0 Å². The van der Waals surface area contributed by atoms with E-state index in [-0.39, 0.29) is 0 Å². The molecule has 1 saturated heterocycles. The van der Waals surface area contributed by atoms with E-state index in [1.807, 2.05) is 0 Å². The van der Waals surface area contributed by atoms with Gasteiger partial charge in [0.2, 0.25) is 0 Å². The number of likely N-dealkylation sites (tertiary alicyclic amines) is 1. The second kappa shape index (κ2) is 6.41. The molecule has 1 atom stereocenters. The maximum Gasteiger partial charge on any atom is 0.00192 e. The summed E-state index contributed by atoms with van der Waals surface area (Å²) in [5, 5.41) is 3.58. The van der Waals surface area contributed by atoms with Crippen molar-refractivity contribution in [2.45, 2.75) is 33.1 Å². The molecule has 0 aromatic heterocycles. The Labute approximate surface area is 89.1 Å². The van der Waals surface area contributed by atoms with Crippen LogP contribution in [-0.2, 0) is 0 Å². The molecule has 0 aromatic carbocycles. The van der Waals surface area contributed by atoms with E-state index in [4.69, 9.17) is 0 Å². The van der Waals surface area contributed by atoms with Crippen LogP contribution in [-0.4, -0.2) is 38.1 Å². The van der Waals surface area contributed by atoms with E-state index in [1.54, 1.807) is 0 Å². The van der Waals surface area contributed by atoms with E-state index in [0.29, 0.717) is 0 Å². The zero-order valence-electron chi connectivity index (χ0n) is 10.1. The highest BCUT2D eigenvalue weighted by molar-refractivity contribution is 4.74. The van der Waals surface area contributed by atoms with Gasteiger partial charge in [0.05, 0.1) is 0 Å². The summed E-state index contributed by atoms with van der Waals surface area (Å²) < 4.78 is 0. The molecule has 1 aliphatic heterocycles. The molecule has 1 heterocycles. The van der Waals surface area contributed by atoms with Crippen LogP contribution in [0.3, 0.4) is 0 Å². The van der Waals surface area contributed by atoms with Crippen LogP contribution < -0.4 is 5.32 Å². The molecule has 0 radical (unpaired) electrons. The van der Waals surface area contributed by atoms with Gasteiger partial charge in [-0.25, -0.2) is 0 Å². The Kier molecular flexibility index (Phi) is 5.49. The lowest BCUT2D eigenvalue weighted by Crippen LogP contribution is -2.25. The van der Waals surface area contributed by atoms with E-state index in [2.05, 4.69) is 31.1 Å². The van der Waals surface area contributed by atoms with Crippen molar-refractivity contribution in [1.29, 1.82) is 0 Å². The molecule has 1 N–H and O–H groups in total. The summed E-state index contributed by atoms with van der Waals surface area (Å²) in [4.78, 5) is 2.43. The molecule has 0 saturated carbocycles. The molecular weight excluding hydrogens is 172 g/mol. The fourth-order valence-electron chi connectivity index (χ4n) is 2.13. The molecule has 1 fully saturated rings. The molecule has 0 aliphatic carbocycles. The highest BCUT2D eigenvalue weighted by atomic mass is 15.1. The molecular formula is C12H26N2. The van der Waals surface area contributed by atoms with Gasteiger partial charge in [-0.15, -0.1) is 0 Å². The minimum atomic E-state index is 0.856. The van der Waals surface area contributed by atoms with E-state index in [1.165, 1.54) is 45.4 Å². The van der Waals surface area contributed by atoms with Gasteiger partial charge in [0.25, 0.3) is 0 Å². The van der Waals surface area contributed by atoms with E-state index >= 15 is 0 Å². The zero-order valence-corrected chi connectivity index (χ0v) is 10.1. The molecule has 14 heavy (non-hydrogen) atoms. The number of rotatable bonds is 6. The first kappa shape index (κ1) is 12.0. The van der Waals surface area contributed by atoms with E-state index < -0.39 is 0 Å². The predicted molar refractivity (Wildman–Crippen MR) is 62.5 cm³/mol. The first-order chi connectivity index (χ1) is 6.68. The van der Waals surface area contributed by atoms with Crippen molar-refractivity contribution in [2.24, 2.45) is 11.8 Å². The standard InChI is InChI=1S/C12H26N2/c1-11(2)5-4-7-13-9-12-6-8-14(3)10-12/h11-13H,4-10H2,1-3H3. The Morgan fingerprint density at radius 1 is 1.43 bits per heavy atom. The van der Waals surface area contributed by atoms with Crippen molar-refractivity contribution in [2.75, 3.05) is 33.2 Å². The summed E-state index contributed by atoms with van der Waals surface area (Å²) >= 11 is 0. The molecule has 0 spiro atoms. The summed E-state index contributed by atoms with van der Waals surface area (Å²) in [6, 6.07) is 0. The van der Waals surface area contributed by atoms with Crippen LogP contribution >= 0.6 is 0 Å². The van der Waals surface area contributed by atoms with Gasteiger partial charge in [0, 0.05) is 6.54 Å². The normalized spacial score (nSPS) is 23.6. The SMILES string of the molecule is CC(C)CCCNCC1CCN(C)C1. The topological polar surface area (TPSA) is 15.3 Å². The summed E-state index contributed by atoms with van der Waals surface area (Å²) in [6.07, 6.45) is 4.07. The summed E-state index contributed by atoms with van der Waals surface area (Å²) in [5.74, 6) is 1.76. The Morgan fingerprint density at radius 3 is 2.79 bits per heavy atom. The Morgan fingerprint density at radius 2 is 2.21 bits per heavy atom. The molecule has 2 heteroatoms. The number of nitrogens with one attached hydrogen (secondary N) is 1. The molecule has 2 nitrogen and oxygen atoms in total. The molecule has 1 rings (SSSR count). The first-order valence-corrected chi connectivity index (χ1v) is 6.07. The van der Waals surface area contributed by atoms with E-state index in [0.717, 1.165) is 11.8 Å². The van der Waals surface area contributed by atoms with Crippen LogP contribution in [0.15, 0.2) is 0 Å². The van der Waals surface area contributed by atoms with Gasteiger partial charge in [0.1, 0.15) is 0 Å². The fraction of sp³-hybridized carbons (Fsp3) is 1.00. The Hall–Kier alpha value is -0.0800. The Balaban J connectivity index is 1.89. The first-order valence-electron chi connectivity index (χ1n) is 6.07. The third-order valence-electron chi connectivity index (χ3n) is 3.06. The number of nitrogens with zero attached hydrogens (tertiary/aromatic N) is 1. The Bertz CT molecular complexity index is 145. The molecule has 84 valence electrons. The van der Waals surface area contributed by atoms with Gasteiger partial charge < -0.3 is 10.2 Å². The lowest BCUT2D eigenvalue weighted by Gasteiger charge is -2.11. The summed E-state index contributed by atoms with van der Waals surface area (Å²) in [7, 11) is 2.22. The van der Waals surface area contributed by atoms with Crippen molar-refractivity contribution < 1.29 is 0 Å². The maximum absolute atomic E-state index is 3.58. The van der Waals surface area contributed by atoms with Crippen LogP contribution in [0.5, 0.6) is 0 Å². The van der Waals surface area contributed by atoms with Crippen LogP contribution in [0.2, 0.25) is 0 Å². The summed E-state index contributed by atoms with van der Waals surface area (Å²) in [6.45, 7) is 9.61. The second-order valence-electron chi connectivity index (χ2n) is 5.16. The quantitative estimate of drug-likeness (QED) is 0.656. The molecule has 0 aromatic rings. The molecule has 1 aliphatic rings. The van der Waals surface area contributed by atoms with Crippen LogP contribution in [0.4, 0.5) is 0 Å². The average Bonchev–Trinajstić information content (AvgIpc) is 2.50. The van der Waals surface area contributed by atoms with Gasteiger partial charge >= 0.3 is 0 Å². The van der Waals surface area contributed by atoms with Crippen molar-refractivity contribution in [3.05, 3.63) is 0 Å². The van der Waals surface area contributed by atoms with Crippen LogP contribution in [0.25, 0.3) is 0 Å². The predicted octanol–water partition coefficient (Wildman–Crippen LogP) is 1.96. The maximum atomic E-state index is 3.58. The minimum absolute atomic E-state index is 0.856. The molecule has 0 amide bonds. The van der Waals surface area contributed by atoms with Crippen molar-refractivity contribution in [3.63, 3.8) is 0 Å². The minimum Gasteiger partial charge on any atom is -0.316 e. The van der Waals surface area contributed by atoms with Crippen molar-refractivity contribution in [3.8, 4) is 0 Å². The summed E-state index contributed by atoms with van der Waals surface area (Å²) in [5.41, 5.74) is 0. The molecule has 0 bridgehead atoms. The number of hydrogen-bond acceptors (Lipinski definition) is 2. The van der Waals surface area contributed by atoms with Gasteiger partial charge in [-0.05, 0) is 57.8 Å². The third kappa shape index (κ3) is 4.97. The molecule has 1 unspecified atom stereocenters. The van der Waals surface area contributed by atoms with Crippen LogP contribution in [0.1, 0.15) is 33.1 Å². The lowest BCUT2D eigenvalue weighted by molar-refractivity contribution is 0.387.